The Morgan fingerprint density at radius 2 is 1.84 bits per heavy atom. The predicted octanol–water partition coefficient (Wildman–Crippen LogP) is 0.536. The number of fused-ring (bicyclic) bond motifs is 2. The molecule has 5 amide bonds. The summed E-state index contributed by atoms with van der Waals surface area (Å²) in [5, 5.41) is 5.59. The highest BCUT2D eigenvalue weighted by Crippen LogP contribution is 2.31. The Labute approximate surface area is 218 Å². The Kier molecular flexibility index (Phi) is 6.82. The van der Waals surface area contributed by atoms with Crippen molar-refractivity contribution in [2.24, 2.45) is 5.92 Å². The second-order valence-corrected chi connectivity index (χ2v) is 10.6. The lowest BCUT2D eigenvalue weighted by molar-refractivity contribution is -0.148. The monoisotopic (exact) mass is 533 g/mol. The van der Waals surface area contributed by atoms with Crippen molar-refractivity contribution in [2.75, 3.05) is 26.2 Å². The number of piperidine rings is 1. The van der Waals surface area contributed by atoms with Crippen molar-refractivity contribution >= 4 is 41.1 Å². The summed E-state index contributed by atoms with van der Waals surface area (Å²) in [5.41, 5.74) is 0.174. The molecule has 10 nitrogen and oxygen atoms in total. The van der Waals surface area contributed by atoms with Gasteiger partial charge in [-0.25, -0.2) is 4.39 Å². The average molecular weight is 534 g/mol. The number of benzene rings is 1. The van der Waals surface area contributed by atoms with Gasteiger partial charge in [0.05, 0.1) is 11.1 Å². The van der Waals surface area contributed by atoms with E-state index in [4.69, 9.17) is 11.6 Å². The number of amides is 5. The van der Waals surface area contributed by atoms with E-state index in [0.29, 0.717) is 38.9 Å². The minimum atomic E-state index is -0.794. The molecule has 0 aromatic heterocycles. The lowest BCUT2D eigenvalue weighted by atomic mass is 9.94. The number of nitrogens with zero attached hydrogens (tertiary/aromatic N) is 3. The third-order valence-electron chi connectivity index (χ3n) is 7.96. The van der Waals surface area contributed by atoms with E-state index in [9.17, 15) is 28.4 Å². The van der Waals surface area contributed by atoms with Gasteiger partial charge in [0.2, 0.25) is 23.6 Å². The van der Waals surface area contributed by atoms with E-state index in [1.54, 1.807) is 9.80 Å². The molecular formula is C25H29ClFN5O5. The number of nitrogens with one attached hydrogen (secondary N) is 2. The van der Waals surface area contributed by atoms with Gasteiger partial charge in [-0.05, 0) is 43.9 Å². The third kappa shape index (κ3) is 4.76. The smallest absolute Gasteiger partial charge is 0.251 e. The molecule has 12 heteroatoms. The Bertz CT molecular complexity index is 1160. The number of likely N-dealkylation sites (tertiary alicyclic amines) is 2. The molecule has 2 N–H and O–H groups in total. The summed E-state index contributed by atoms with van der Waals surface area (Å²) in [6.45, 7) is 3.02. The summed E-state index contributed by atoms with van der Waals surface area (Å²) < 4.78 is 13.5. The fourth-order valence-corrected chi connectivity index (χ4v) is 6.14. The van der Waals surface area contributed by atoms with E-state index in [2.05, 4.69) is 10.6 Å². The molecule has 4 saturated heterocycles. The second-order valence-electron chi connectivity index (χ2n) is 10.2. The molecule has 0 unspecified atom stereocenters. The first-order chi connectivity index (χ1) is 17.6. The van der Waals surface area contributed by atoms with E-state index in [1.807, 2.05) is 0 Å². The van der Waals surface area contributed by atoms with Gasteiger partial charge in [0.15, 0.2) is 0 Å². The van der Waals surface area contributed by atoms with Crippen LogP contribution in [-0.4, -0.2) is 94.6 Å². The molecule has 198 valence electrons. The first-order valence-corrected chi connectivity index (χ1v) is 12.9. The Morgan fingerprint density at radius 1 is 1.11 bits per heavy atom. The lowest BCUT2D eigenvalue weighted by Crippen LogP contribution is -2.54. The van der Waals surface area contributed by atoms with Crippen LogP contribution in [0, 0.1) is 11.7 Å². The SMILES string of the molecule is CC(=O)N1CCC(C(=O)N2CC[C@@H]3NC(=O)[C@H]4C[C@H](NC(=O)c5ccc(F)c(Cl)c5)CN4C(=O)[C@H]32)CC1. The summed E-state index contributed by atoms with van der Waals surface area (Å²) in [6, 6.07) is 1.15. The van der Waals surface area contributed by atoms with Gasteiger partial charge in [-0.3, -0.25) is 24.0 Å². The molecule has 4 fully saturated rings. The maximum absolute atomic E-state index is 13.7. The van der Waals surface area contributed by atoms with Gasteiger partial charge in [0, 0.05) is 50.6 Å². The van der Waals surface area contributed by atoms with Crippen LogP contribution in [0.25, 0.3) is 0 Å². The van der Waals surface area contributed by atoms with Crippen LogP contribution in [0.2, 0.25) is 5.02 Å². The van der Waals surface area contributed by atoms with Gasteiger partial charge in [0.1, 0.15) is 17.9 Å². The average Bonchev–Trinajstić information content (AvgIpc) is 3.47. The number of carbonyl (C=O) groups is 5. The first kappa shape index (κ1) is 25.4. The molecule has 1 aromatic carbocycles. The van der Waals surface area contributed by atoms with Crippen molar-refractivity contribution in [1.82, 2.24) is 25.3 Å². The normalized spacial score (nSPS) is 27.9. The van der Waals surface area contributed by atoms with E-state index < -0.39 is 35.9 Å². The highest BCUT2D eigenvalue weighted by molar-refractivity contribution is 6.31. The highest BCUT2D eigenvalue weighted by Gasteiger charge is 2.53. The van der Waals surface area contributed by atoms with E-state index in [1.165, 1.54) is 24.0 Å². The fraction of sp³-hybridized carbons (Fsp3) is 0.560. The standard InChI is InChI=1S/C25H29ClFN5O5/c1-13(33)30-7-4-14(5-8-30)24(36)31-9-6-19-21(31)25(37)32-12-16(11-20(32)23(35)29-19)28-22(34)15-2-3-18(27)17(26)10-15/h2-3,10,14,16,19-21H,4-9,11-12H2,1H3,(H,28,34)(H,29,35)/t16-,19-,20+,21-/m0/s1. The zero-order valence-electron chi connectivity index (χ0n) is 20.4. The van der Waals surface area contributed by atoms with Crippen molar-refractivity contribution in [3.05, 3.63) is 34.6 Å². The van der Waals surface area contributed by atoms with Crippen molar-refractivity contribution < 1.29 is 28.4 Å². The predicted molar refractivity (Wildman–Crippen MR) is 130 cm³/mol. The summed E-state index contributed by atoms with van der Waals surface area (Å²) in [6.07, 6.45) is 1.81. The highest BCUT2D eigenvalue weighted by atomic mass is 35.5. The molecule has 4 aliphatic rings. The molecular weight excluding hydrogens is 505 g/mol. The topological polar surface area (TPSA) is 119 Å². The van der Waals surface area contributed by atoms with Gasteiger partial charge < -0.3 is 25.3 Å². The quantitative estimate of drug-likeness (QED) is 0.588. The lowest BCUT2D eigenvalue weighted by Gasteiger charge is -2.35. The van der Waals surface area contributed by atoms with Crippen LogP contribution in [0.3, 0.4) is 0 Å². The molecule has 0 saturated carbocycles. The van der Waals surface area contributed by atoms with Crippen LogP contribution < -0.4 is 10.6 Å². The number of hydrogen-bond donors (Lipinski definition) is 2. The molecule has 1 aromatic rings. The molecule has 37 heavy (non-hydrogen) atoms. The number of halogens is 2. The molecule has 0 radical (unpaired) electrons. The molecule has 5 rings (SSSR count). The van der Waals surface area contributed by atoms with Crippen LogP contribution in [-0.2, 0) is 19.2 Å². The van der Waals surface area contributed by atoms with Gasteiger partial charge in [-0.1, -0.05) is 11.6 Å². The zero-order valence-corrected chi connectivity index (χ0v) is 21.2. The van der Waals surface area contributed by atoms with E-state index in [-0.39, 0.29) is 53.1 Å². The van der Waals surface area contributed by atoms with Gasteiger partial charge >= 0.3 is 0 Å². The van der Waals surface area contributed by atoms with Crippen LogP contribution in [0.1, 0.15) is 43.0 Å². The maximum atomic E-state index is 13.7. The molecule has 4 aliphatic heterocycles. The second kappa shape index (κ2) is 9.92. The summed E-state index contributed by atoms with van der Waals surface area (Å²) >= 11 is 5.79. The molecule has 4 atom stereocenters. The first-order valence-electron chi connectivity index (χ1n) is 12.6. The van der Waals surface area contributed by atoms with Crippen molar-refractivity contribution in [3.63, 3.8) is 0 Å². The van der Waals surface area contributed by atoms with Crippen molar-refractivity contribution in [3.8, 4) is 0 Å². The Hall–Kier alpha value is -3.21. The van der Waals surface area contributed by atoms with Gasteiger partial charge in [-0.2, -0.15) is 0 Å². The zero-order chi connectivity index (χ0) is 26.4. The fourth-order valence-electron chi connectivity index (χ4n) is 5.96. The van der Waals surface area contributed by atoms with Crippen molar-refractivity contribution in [1.29, 1.82) is 0 Å². The van der Waals surface area contributed by atoms with Crippen LogP contribution in [0.5, 0.6) is 0 Å². The number of rotatable bonds is 3. The molecule has 0 bridgehead atoms. The largest absolute Gasteiger partial charge is 0.349 e. The van der Waals surface area contributed by atoms with Gasteiger partial charge in [0.25, 0.3) is 5.91 Å². The maximum Gasteiger partial charge on any atom is 0.251 e. The molecule has 0 spiro atoms. The van der Waals surface area contributed by atoms with Crippen LogP contribution in [0.15, 0.2) is 18.2 Å². The molecule has 0 aliphatic carbocycles. The minimum Gasteiger partial charge on any atom is -0.349 e. The number of hydrogen-bond acceptors (Lipinski definition) is 5. The van der Waals surface area contributed by atoms with Crippen LogP contribution in [0.4, 0.5) is 4.39 Å². The third-order valence-corrected chi connectivity index (χ3v) is 8.24. The van der Waals surface area contributed by atoms with Crippen molar-refractivity contribution in [2.45, 2.75) is 56.8 Å². The van der Waals surface area contributed by atoms with Crippen LogP contribution >= 0.6 is 11.6 Å². The van der Waals surface area contributed by atoms with Gasteiger partial charge in [-0.15, -0.1) is 0 Å². The van der Waals surface area contributed by atoms with E-state index >= 15 is 0 Å². The Morgan fingerprint density at radius 3 is 2.51 bits per heavy atom. The molecule has 4 heterocycles. The summed E-state index contributed by atoms with van der Waals surface area (Å²) in [5.74, 6) is -2.13. The Balaban J connectivity index is 1.27. The summed E-state index contributed by atoms with van der Waals surface area (Å²) in [4.78, 5) is 69.2. The minimum absolute atomic E-state index is 0.0157. The van der Waals surface area contributed by atoms with E-state index in [0.717, 1.165) is 6.07 Å². The number of carbonyl (C=O) groups excluding carboxylic acids is 5. The summed E-state index contributed by atoms with van der Waals surface area (Å²) in [7, 11) is 0.